The van der Waals surface area contributed by atoms with E-state index in [1.807, 2.05) is 31.3 Å². The van der Waals surface area contributed by atoms with Crippen LogP contribution in [-0.4, -0.2) is 72.2 Å². The molecular weight excluding hydrogens is 634 g/mol. The highest BCUT2D eigenvalue weighted by Crippen LogP contribution is 2.46. The Bertz CT molecular complexity index is 1370. The third-order valence-corrected chi connectivity index (χ3v) is 8.90. The van der Waals surface area contributed by atoms with Gasteiger partial charge in [0.1, 0.15) is 0 Å². The van der Waals surface area contributed by atoms with Crippen LogP contribution in [0.4, 0.5) is 5.95 Å². The van der Waals surface area contributed by atoms with Crippen LogP contribution in [0.2, 0.25) is 10.0 Å². The van der Waals surface area contributed by atoms with Crippen molar-refractivity contribution in [1.29, 1.82) is 0 Å². The van der Waals surface area contributed by atoms with Crippen molar-refractivity contribution in [3.05, 3.63) is 58.3 Å². The third-order valence-electron chi connectivity index (χ3n) is 8.46. The summed E-state index contributed by atoms with van der Waals surface area (Å²) < 4.78 is 11.0. The number of carbonyl (C=O) groups is 1. The fourth-order valence-electron chi connectivity index (χ4n) is 6.24. The number of piperidine rings is 2. The maximum absolute atomic E-state index is 11.7. The van der Waals surface area contributed by atoms with Crippen LogP contribution in [0, 0.1) is 17.8 Å². The predicted molar refractivity (Wildman–Crippen MR) is 173 cm³/mol. The molecule has 2 aromatic heterocycles. The van der Waals surface area contributed by atoms with Crippen molar-refractivity contribution >= 4 is 59.9 Å². The van der Waals surface area contributed by atoms with Gasteiger partial charge < -0.3 is 19.7 Å². The smallest absolute Gasteiger partial charge is 0.305 e. The lowest BCUT2D eigenvalue weighted by molar-refractivity contribution is -0.142. The number of nitrogens with one attached hydrogen (secondary N) is 1. The number of anilines is 1. The summed E-state index contributed by atoms with van der Waals surface area (Å²) in [5.74, 6) is 3.29. The Morgan fingerprint density at radius 2 is 1.65 bits per heavy atom. The number of rotatable bonds is 9. The summed E-state index contributed by atoms with van der Waals surface area (Å²) in [6, 6.07) is 10.0. The molecule has 0 bridgehead atoms. The summed E-state index contributed by atoms with van der Waals surface area (Å²) in [5, 5.41) is 4.47. The maximum Gasteiger partial charge on any atom is 0.305 e. The van der Waals surface area contributed by atoms with E-state index in [2.05, 4.69) is 25.1 Å². The van der Waals surface area contributed by atoms with Gasteiger partial charge in [0.05, 0.1) is 25.2 Å². The van der Waals surface area contributed by atoms with Crippen molar-refractivity contribution in [2.24, 2.45) is 17.8 Å². The number of ether oxygens (including phenoxy) is 2. The number of fused-ring (bicyclic) bond motifs is 1. The minimum absolute atomic E-state index is 0. The quantitative estimate of drug-likeness (QED) is 0.279. The predicted octanol–water partition coefficient (Wildman–Crippen LogP) is 5.91. The summed E-state index contributed by atoms with van der Waals surface area (Å²) in [5.41, 5.74) is 2.58. The molecule has 2 saturated heterocycles. The zero-order valence-electron chi connectivity index (χ0n) is 24.0. The largest absolute Gasteiger partial charge is 0.469 e. The van der Waals surface area contributed by atoms with E-state index >= 15 is 0 Å². The lowest BCUT2D eigenvalue weighted by atomic mass is 9.93. The Morgan fingerprint density at radius 3 is 2.26 bits per heavy atom. The number of aromatic nitrogens is 3. The van der Waals surface area contributed by atoms with Gasteiger partial charge in [-0.25, -0.2) is 15.0 Å². The van der Waals surface area contributed by atoms with Gasteiger partial charge in [-0.05, 0) is 80.6 Å². The van der Waals surface area contributed by atoms with Gasteiger partial charge in [-0.1, -0.05) is 23.2 Å². The van der Waals surface area contributed by atoms with E-state index in [9.17, 15) is 4.79 Å². The topological polar surface area (TPSA) is 92.7 Å². The molecule has 0 spiro atoms. The number of halogens is 4. The van der Waals surface area contributed by atoms with Crippen LogP contribution < -0.4 is 15.0 Å². The van der Waals surface area contributed by atoms with E-state index in [1.165, 1.54) is 7.11 Å². The normalized spacial score (nSPS) is 21.4. The van der Waals surface area contributed by atoms with E-state index in [1.54, 1.807) is 18.5 Å². The molecule has 1 saturated carbocycles. The van der Waals surface area contributed by atoms with Gasteiger partial charge in [-0.2, -0.15) is 0 Å². The van der Waals surface area contributed by atoms with E-state index in [0.29, 0.717) is 51.9 Å². The van der Waals surface area contributed by atoms with Gasteiger partial charge in [-0.3, -0.25) is 9.69 Å². The molecule has 9 nitrogen and oxygen atoms in total. The molecule has 1 aromatic carbocycles. The van der Waals surface area contributed by atoms with Crippen LogP contribution in [0.3, 0.4) is 0 Å². The first-order valence-corrected chi connectivity index (χ1v) is 14.8. The monoisotopic (exact) mass is 668 g/mol. The van der Waals surface area contributed by atoms with Crippen LogP contribution in [0.15, 0.2) is 42.7 Å². The number of carbonyl (C=O) groups excluding carboxylic acids is 1. The van der Waals surface area contributed by atoms with Crippen LogP contribution in [0.5, 0.6) is 11.6 Å². The molecule has 3 fully saturated rings. The molecule has 1 unspecified atom stereocenters. The van der Waals surface area contributed by atoms with Crippen LogP contribution >= 0.6 is 48.0 Å². The molecule has 6 rings (SSSR count). The second-order valence-corrected chi connectivity index (χ2v) is 12.1. The summed E-state index contributed by atoms with van der Waals surface area (Å²) in [6.07, 6.45) is 5.81. The van der Waals surface area contributed by atoms with E-state index in [4.69, 9.17) is 37.7 Å². The molecule has 4 heterocycles. The first-order chi connectivity index (χ1) is 19.9. The first kappa shape index (κ1) is 33.5. The zero-order chi connectivity index (χ0) is 28.5. The highest BCUT2D eigenvalue weighted by Gasteiger charge is 2.55. The second kappa shape index (κ2) is 14.6. The number of hydrogen-bond donors (Lipinski definition) is 1. The van der Waals surface area contributed by atoms with Gasteiger partial charge in [-0.15, -0.1) is 24.8 Å². The molecule has 0 radical (unpaired) electrons. The van der Waals surface area contributed by atoms with Crippen LogP contribution in [-0.2, 0) is 16.1 Å². The lowest BCUT2D eigenvalue weighted by Crippen LogP contribution is -2.34. The number of pyridine rings is 1. The molecule has 13 heteroatoms. The van der Waals surface area contributed by atoms with Gasteiger partial charge in [0.25, 0.3) is 0 Å². The van der Waals surface area contributed by atoms with E-state index in [0.717, 1.165) is 68.3 Å². The molecule has 3 aromatic rings. The van der Waals surface area contributed by atoms with Crippen molar-refractivity contribution in [2.45, 2.75) is 31.8 Å². The van der Waals surface area contributed by atoms with Crippen molar-refractivity contribution in [2.75, 3.05) is 45.2 Å². The fraction of sp³-hybridized carbons (Fsp3) is 0.467. The molecule has 3 atom stereocenters. The minimum Gasteiger partial charge on any atom is -0.469 e. The summed E-state index contributed by atoms with van der Waals surface area (Å²) >= 11 is 12.6. The van der Waals surface area contributed by atoms with Crippen LogP contribution in [0.1, 0.15) is 24.8 Å². The third kappa shape index (κ3) is 8.01. The van der Waals surface area contributed by atoms with Gasteiger partial charge in [0.2, 0.25) is 11.8 Å². The number of methoxy groups -OCH3 is 1. The van der Waals surface area contributed by atoms with Crippen molar-refractivity contribution in [3.8, 4) is 22.9 Å². The molecule has 1 aliphatic carbocycles. The standard InChI is InChI=1S/C30H34Cl2N6O3.2ClH/c1-33-29-24-16-38(17-25(24)29)30-34-13-23(14-35-30)41-27-8-19(7-26(36-27)20-10-21(31)12-22(32)11-20)15-37-5-3-18(4-6-37)9-28(39)40-2;;/h7-8,10-14,18,24-25,29,33H,3-6,9,15-17H2,1-2H3;2*1H/t24-,25+,29?;;. The number of nitrogens with zero attached hydrogens (tertiary/aromatic N) is 5. The number of esters is 1. The average molecular weight is 670 g/mol. The Kier molecular flexibility index (Phi) is 11.4. The zero-order valence-corrected chi connectivity index (χ0v) is 27.2. The molecular formula is C30H36Cl4N6O3. The highest BCUT2D eigenvalue weighted by molar-refractivity contribution is 6.35. The SMILES string of the molecule is CNC1[C@H]2CN(c3ncc(Oc4cc(CN5CCC(CC(=O)OC)CC5)cc(-c5cc(Cl)cc(Cl)c5)n4)cn3)C[C@@H]12.Cl.Cl. The molecule has 232 valence electrons. The average Bonchev–Trinajstić information content (AvgIpc) is 3.43. The molecule has 43 heavy (non-hydrogen) atoms. The Balaban J connectivity index is 0.00000212. The fourth-order valence-corrected chi connectivity index (χ4v) is 6.77. The van der Waals surface area contributed by atoms with Crippen molar-refractivity contribution < 1.29 is 14.3 Å². The van der Waals surface area contributed by atoms with E-state index < -0.39 is 0 Å². The second-order valence-electron chi connectivity index (χ2n) is 11.2. The summed E-state index contributed by atoms with van der Waals surface area (Å²) in [4.78, 5) is 30.3. The number of hydrogen-bond acceptors (Lipinski definition) is 9. The number of likely N-dealkylation sites (tertiary alicyclic amines) is 1. The Hall–Kier alpha value is -2.40. The lowest BCUT2D eigenvalue weighted by Gasteiger charge is -2.31. The minimum atomic E-state index is -0.138. The van der Waals surface area contributed by atoms with Crippen molar-refractivity contribution in [1.82, 2.24) is 25.2 Å². The van der Waals surface area contributed by atoms with Gasteiger partial charge in [0.15, 0.2) is 5.75 Å². The highest BCUT2D eigenvalue weighted by atomic mass is 35.5. The molecule has 0 amide bonds. The Labute approximate surface area is 274 Å². The summed E-state index contributed by atoms with van der Waals surface area (Å²) in [7, 11) is 3.47. The van der Waals surface area contributed by atoms with Gasteiger partial charge in [0, 0.05) is 53.8 Å². The molecule has 1 N–H and O–H groups in total. The Morgan fingerprint density at radius 1 is 1.00 bits per heavy atom. The first-order valence-electron chi connectivity index (χ1n) is 14.1. The number of benzene rings is 1. The van der Waals surface area contributed by atoms with Crippen molar-refractivity contribution in [3.63, 3.8) is 0 Å². The van der Waals surface area contributed by atoms with Gasteiger partial charge >= 0.3 is 5.97 Å². The molecule has 3 aliphatic rings. The summed E-state index contributed by atoms with van der Waals surface area (Å²) in [6.45, 7) is 4.49. The van der Waals surface area contributed by atoms with Crippen LogP contribution in [0.25, 0.3) is 11.3 Å². The maximum atomic E-state index is 11.7. The van der Waals surface area contributed by atoms with E-state index in [-0.39, 0.29) is 30.8 Å². The molecule has 2 aliphatic heterocycles.